The average molecular weight is 372 g/mol. The summed E-state index contributed by atoms with van der Waals surface area (Å²) in [6.45, 7) is 7.48. The maximum Gasteiger partial charge on any atom is 0.339 e. The number of carbonyl (C=O) groups excluding carboxylic acids is 1. The van der Waals surface area contributed by atoms with Gasteiger partial charge in [0.25, 0.3) is 0 Å². The molecule has 136 valence electrons. The number of aromatic nitrogens is 2. The molecule has 0 fully saturated rings. The highest BCUT2D eigenvalue weighted by Crippen LogP contribution is 2.29. The number of rotatable bonds is 6. The van der Waals surface area contributed by atoms with Gasteiger partial charge in [-0.2, -0.15) is 0 Å². The summed E-state index contributed by atoms with van der Waals surface area (Å²) in [6, 6.07) is 7.37. The fourth-order valence-electron chi connectivity index (χ4n) is 2.42. The molecule has 0 atom stereocenters. The number of hydrogen-bond donors (Lipinski definition) is 0. The minimum absolute atomic E-state index is 0.0103. The number of carbonyl (C=O) groups is 1. The largest absolute Gasteiger partial charge is 0.452 e. The van der Waals surface area contributed by atoms with Gasteiger partial charge < -0.3 is 13.7 Å². The standard InChI is InChI=1S/C19H20N2O4S/c1-11-13(3)24-18(20-11)9-23-19(22)15-7-5-6-8-17(15)26-10-16-12(2)21-25-14(16)4/h5-8H,9-10H2,1-4H3. The van der Waals surface area contributed by atoms with Crippen LogP contribution < -0.4 is 0 Å². The van der Waals surface area contributed by atoms with Crippen molar-refractivity contribution in [1.82, 2.24) is 10.1 Å². The zero-order valence-corrected chi connectivity index (χ0v) is 16.0. The molecule has 0 N–H and O–H groups in total. The lowest BCUT2D eigenvalue weighted by Crippen LogP contribution is -2.07. The van der Waals surface area contributed by atoms with Crippen LogP contribution in [0.15, 0.2) is 38.1 Å². The number of benzene rings is 1. The van der Waals surface area contributed by atoms with Crippen molar-refractivity contribution >= 4 is 17.7 Å². The van der Waals surface area contributed by atoms with E-state index in [1.807, 2.05) is 45.9 Å². The SMILES string of the molecule is Cc1nc(COC(=O)c2ccccc2SCc2c(C)noc2C)oc1C. The van der Waals surface area contributed by atoms with E-state index in [0.717, 1.165) is 33.4 Å². The fraction of sp³-hybridized carbons (Fsp3) is 0.316. The van der Waals surface area contributed by atoms with Gasteiger partial charge in [-0.3, -0.25) is 0 Å². The van der Waals surface area contributed by atoms with Crippen molar-refractivity contribution in [3.63, 3.8) is 0 Å². The van der Waals surface area contributed by atoms with Crippen molar-refractivity contribution in [3.05, 3.63) is 64.2 Å². The Morgan fingerprint density at radius 1 is 1.12 bits per heavy atom. The molecule has 7 heteroatoms. The van der Waals surface area contributed by atoms with E-state index >= 15 is 0 Å². The normalized spacial score (nSPS) is 10.9. The first-order chi connectivity index (χ1) is 12.5. The molecule has 26 heavy (non-hydrogen) atoms. The lowest BCUT2D eigenvalue weighted by molar-refractivity contribution is 0.0433. The van der Waals surface area contributed by atoms with Gasteiger partial charge in [-0.05, 0) is 39.8 Å². The first-order valence-electron chi connectivity index (χ1n) is 8.19. The van der Waals surface area contributed by atoms with Crippen LogP contribution in [0.5, 0.6) is 0 Å². The first kappa shape index (κ1) is 18.3. The summed E-state index contributed by atoms with van der Waals surface area (Å²) in [7, 11) is 0. The summed E-state index contributed by atoms with van der Waals surface area (Å²) < 4.78 is 16.0. The Hall–Kier alpha value is -2.54. The van der Waals surface area contributed by atoms with Gasteiger partial charge in [0.1, 0.15) is 11.5 Å². The van der Waals surface area contributed by atoms with Crippen molar-refractivity contribution in [3.8, 4) is 0 Å². The maximum absolute atomic E-state index is 12.5. The predicted octanol–water partition coefficient (Wildman–Crippen LogP) is 4.55. The summed E-state index contributed by atoms with van der Waals surface area (Å²) in [5.74, 6) is 2.19. The predicted molar refractivity (Wildman–Crippen MR) is 97.1 cm³/mol. The molecule has 0 spiro atoms. The monoisotopic (exact) mass is 372 g/mol. The number of esters is 1. The number of hydrogen-bond acceptors (Lipinski definition) is 7. The number of nitrogens with zero attached hydrogens (tertiary/aromatic N) is 2. The van der Waals surface area contributed by atoms with Crippen molar-refractivity contribution in [2.24, 2.45) is 0 Å². The summed E-state index contributed by atoms with van der Waals surface area (Å²) in [6.07, 6.45) is 0. The second-order valence-corrected chi connectivity index (χ2v) is 6.93. The molecule has 0 amide bonds. The average Bonchev–Trinajstić information content (AvgIpc) is 3.12. The van der Waals surface area contributed by atoms with E-state index in [9.17, 15) is 4.79 Å². The summed E-state index contributed by atoms with van der Waals surface area (Å²) in [5.41, 5.74) is 3.23. The van der Waals surface area contributed by atoms with Crippen LogP contribution in [0.2, 0.25) is 0 Å². The van der Waals surface area contributed by atoms with Crippen LogP contribution in [-0.2, 0) is 17.1 Å². The zero-order valence-electron chi connectivity index (χ0n) is 15.2. The van der Waals surface area contributed by atoms with E-state index in [2.05, 4.69) is 10.1 Å². The summed E-state index contributed by atoms with van der Waals surface area (Å²) >= 11 is 1.55. The molecule has 0 saturated heterocycles. The van der Waals surface area contributed by atoms with Gasteiger partial charge in [-0.25, -0.2) is 9.78 Å². The van der Waals surface area contributed by atoms with Crippen LogP contribution in [0.1, 0.15) is 44.7 Å². The smallest absolute Gasteiger partial charge is 0.339 e. The van der Waals surface area contributed by atoms with E-state index in [0.29, 0.717) is 17.2 Å². The number of oxazole rings is 1. The summed E-state index contributed by atoms with van der Waals surface area (Å²) in [4.78, 5) is 17.6. The third kappa shape index (κ3) is 3.99. The third-order valence-electron chi connectivity index (χ3n) is 4.06. The van der Waals surface area contributed by atoms with Crippen molar-refractivity contribution < 1.29 is 18.5 Å². The van der Waals surface area contributed by atoms with Crippen molar-refractivity contribution in [2.45, 2.75) is 45.0 Å². The van der Waals surface area contributed by atoms with E-state index in [1.165, 1.54) is 0 Å². The third-order valence-corrected chi connectivity index (χ3v) is 5.16. The lowest BCUT2D eigenvalue weighted by Gasteiger charge is -2.08. The van der Waals surface area contributed by atoms with Crippen molar-refractivity contribution in [1.29, 1.82) is 0 Å². The van der Waals surface area contributed by atoms with Crippen LogP contribution in [-0.4, -0.2) is 16.1 Å². The van der Waals surface area contributed by atoms with Gasteiger partial charge >= 0.3 is 5.97 Å². The highest BCUT2D eigenvalue weighted by Gasteiger charge is 2.16. The van der Waals surface area contributed by atoms with Gasteiger partial charge in [0.05, 0.1) is 17.0 Å². The van der Waals surface area contributed by atoms with E-state index in [1.54, 1.807) is 17.8 Å². The van der Waals surface area contributed by atoms with Crippen LogP contribution in [0.3, 0.4) is 0 Å². The van der Waals surface area contributed by atoms with Crippen molar-refractivity contribution in [2.75, 3.05) is 0 Å². The van der Waals surface area contributed by atoms with E-state index < -0.39 is 5.97 Å². The number of thioether (sulfide) groups is 1. The Morgan fingerprint density at radius 3 is 2.54 bits per heavy atom. The molecule has 0 unspecified atom stereocenters. The quantitative estimate of drug-likeness (QED) is 0.464. The molecule has 0 saturated carbocycles. The van der Waals surface area contributed by atoms with Crippen LogP contribution in [0, 0.1) is 27.7 Å². The van der Waals surface area contributed by atoms with Gasteiger partial charge in [0.2, 0.25) is 5.89 Å². The topological polar surface area (TPSA) is 78.4 Å². The van der Waals surface area contributed by atoms with Crippen LogP contribution in [0.25, 0.3) is 0 Å². The maximum atomic E-state index is 12.5. The Morgan fingerprint density at radius 2 is 1.88 bits per heavy atom. The molecule has 1 aromatic carbocycles. The second kappa shape index (κ2) is 7.78. The molecule has 3 aromatic rings. The Balaban J connectivity index is 1.68. The molecule has 0 aliphatic carbocycles. The Labute approximate surface area is 155 Å². The zero-order chi connectivity index (χ0) is 18.7. The molecule has 0 radical (unpaired) electrons. The molecule has 0 aliphatic rings. The minimum Gasteiger partial charge on any atom is -0.452 e. The van der Waals surface area contributed by atoms with Gasteiger partial charge in [-0.15, -0.1) is 11.8 Å². The van der Waals surface area contributed by atoms with Crippen LogP contribution in [0.4, 0.5) is 0 Å². The fourth-order valence-corrected chi connectivity index (χ4v) is 3.62. The van der Waals surface area contributed by atoms with Gasteiger partial charge in [0.15, 0.2) is 6.61 Å². The second-order valence-electron chi connectivity index (χ2n) is 5.91. The molecule has 0 aliphatic heterocycles. The lowest BCUT2D eigenvalue weighted by atomic mass is 10.2. The van der Waals surface area contributed by atoms with E-state index in [-0.39, 0.29) is 6.61 Å². The summed E-state index contributed by atoms with van der Waals surface area (Å²) in [5, 5.41) is 3.96. The molecular weight excluding hydrogens is 352 g/mol. The van der Waals surface area contributed by atoms with E-state index in [4.69, 9.17) is 13.7 Å². The Kier molecular flexibility index (Phi) is 5.46. The molecule has 0 bridgehead atoms. The molecule has 3 rings (SSSR count). The van der Waals surface area contributed by atoms with Gasteiger partial charge in [-0.1, -0.05) is 17.3 Å². The molecule has 2 heterocycles. The molecular formula is C19H20N2O4S. The Bertz CT molecular complexity index is 891. The highest BCUT2D eigenvalue weighted by atomic mass is 32.2. The molecule has 6 nitrogen and oxygen atoms in total. The number of aryl methyl sites for hydroxylation is 4. The molecule has 2 aromatic heterocycles. The van der Waals surface area contributed by atoms with Crippen LogP contribution >= 0.6 is 11.8 Å². The first-order valence-corrected chi connectivity index (χ1v) is 9.18. The van der Waals surface area contributed by atoms with Gasteiger partial charge in [0, 0.05) is 16.2 Å². The highest BCUT2D eigenvalue weighted by molar-refractivity contribution is 7.98. The number of ether oxygens (including phenoxy) is 1. The minimum atomic E-state index is -0.402.